The van der Waals surface area contributed by atoms with Gasteiger partial charge in [-0.1, -0.05) is 6.07 Å². The van der Waals surface area contributed by atoms with E-state index < -0.39 is 5.54 Å². The second-order valence-corrected chi connectivity index (χ2v) is 4.67. The smallest absolute Gasteiger partial charge is 0.240 e. The van der Waals surface area contributed by atoms with Gasteiger partial charge >= 0.3 is 0 Å². The summed E-state index contributed by atoms with van der Waals surface area (Å²) in [5, 5.41) is 7.85. The molecule has 0 saturated heterocycles. The summed E-state index contributed by atoms with van der Waals surface area (Å²) in [7, 11) is 1.78. The first kappa shape index (κ1) is 11.2. The summed E-state index contributed by atoms with van der Waals surface area (Å²) in [6.07, 6.45) is 0. The lowest BCUT2D eigenvalue weighted by atomic mass is 10.1. The van der Waals surface area contributed by atoms with Crippen LogP contribution in [0, 0.1) is 0 Å². The molecule has 1 rings (SSSR count). The first-order chi connectivity index (χ1) is 6.56. The molecule has 0 aromatic carbocycles. The van der Waals surface area contributed by atoms with Gasteiger partial charge in [-0.05, 0) is 32.3 Å². The molecule has 4 heteroatoms. The molecule has 0 radical (unpaired) electrons. The van der Waals surface area contributed by atoms with Crippen LogP contribution in [-0.2, 0) is 11.3 Å². The Morgan fingerprint density at radius 1 is 1.57 bits per heavy atom. The molecule has 0 atom stereocenters. The Labute approximate surface area is 88.5 Å². The van der Waals surface area contributed by atoms with Crippen molar-refractivity contribution >= 4 is 17.2 Å². The fourth-order valence-corrected chi connectivity index (χ4v) is 1.56. The number of thiophene rings is 1. The third kappa shape index (κ3) is 2.82. The number of hydrogen-bond acceptors (Lipinski definition) is 3. The van der Waals surface area contributed by atoms with Crippen LogP contribution in [0.5, 0.6) is 0 Å². The van der Waals surface area contributed by atoms with Gasteiger partial charge in [0, 0.05) is 4.88 Å². The van der Waals surface area contributed by atoms with Crippen LogP contribution < -0.4 is 10.6 Å². The molecule has 0 bridgehead atoms. The number of amides is 1. The van der Waals surface area contributed by atoms with Crippen LogP contribution in [0.4, 0.5) is 0 Å². The van der Waals surface area contributed by atoms with Crippen molar-refractivity contribution in [3.63, 3.8) is 0 Å². The van der Waals surface area contributed by atoms with E-state index in [0.29, 0.717) is 6.54 Å². The quantitative estimate of drug-likeness (QED) is 0.791. The number of rotatable bonds is 4. The van der Waals surface area contributed by atoms with Crippen molar-refractivity contribution in [3.05, 3.63) is 22.4 Å². The number of likely N-dealkylation sites (N-methyl/N-ethyl adjacent to an activating group) is 1. The van der Waals surface area contributed by atoms with Gasteiger partial charge in [0.1, 0.15) is 0 Å². The molecule has 1 heterocycles. The minimum Gasteiger partial charge on any atom is -0.350 e. The van der Waals surface area contributed by atoms with E-state index in [1.807, 2.05) is 31.4 Å². The number of carbonyl (C=O) groups excluding carboxylic acids is 1. The molecule has 0 spiro atoms. The van der Waals surface area contributed by atoms with Gasteiger partial charge < -0.3 is 10.6 Å². The Bertz CT molecular complexity index is 293. The predicted molar refractivity (Wildman–Crippen MR) is 59.3 cm³/mol. The molecule has 1 amide bonds. The molecule has 14 heavy (non-hydrogen) atoms. The summed E-state index contributed by atoms with van der Waals surface area (Å²) in [4.78, 5) is 12.8. The van der Waals surface area contributed by atoms with Crippen molar-refractivity contribution in [1.82, 2.24) is 10.6 Å². The van der Waals surface area contributed by atoms with Gasteiger partial charge in [0.15, 0.2) is 0 Å². The molecule has 78 valence electrons. The van der Waals surface area contributed by atoms with Crippen molar-refractivity contribution in [1.29, 1.82) is 0 Å². The summed E-state index contributed by atoms with van der Waals surface area (Å²) < 4.78 is 0. The maximum absolute atomic E-state index is 11.6. The van der Waals surface area contributed by atoms with Crippen LogP contribution in [0.3, 0.4) is 0 Å². The summed E-state index contributed by atoms with van der Waals surface area (Å²) in [5.74, 6) is 0.0217. The Balaban J connectivity index is 2.43. The van der Waals surface area contributed by atoms with Gasteiger partial charge in [0.05, 0.1) is 12.1 Å². The Kier molecular flexibility index (Phi) is 3.66. The van der Waals surface area contributed by atoms with E-state index in [4.69, 9.17) is 0 Å². The molecule has 0 unspecified atom stereocenters. The number of nitrogens with one attached hydrogen (secondary N) is 2. The zero-order valence-electron chi connectivity index (χ0n) is 8.76. The maximum Gasteiger partial charge on any atom is 0.240 e. The van der Waals surface area contributed by atoms with Crippen molar-refractivity contribution in [2.24, 2.45) is 0 Å². The van der Waals surface area contributed by atoms with Crippen LogP contribution in [0.15, 0.2) is 17.5 Å². The molecule has 2 N–H and O–H groups in total. The second kappa shape index (κ2) is 4.57. The van der Waals surface area contributed by atoms with Crippen LogP contribution in [-0.4, -0.2) is 18.5 Å². The molecule has 0 aliphatic carbocycles. The average molecular weight is 212 g/mol. The highest BCUT2D eigenvalue weighted by Crippen LogP contribution is 2.08. The fourth-order valence-electron chi connectivity index (χ4n) is 0.915. The SMILES string of the molecule is CNC(C)(C)C(=O)NCc1cccs1. The Hall–Kier alpha value is -0.870. The van der Waals surface area contributed by atoms with E-state index in [0.717, 1.165) is 0 Å². The third-order valence-corrected chi connectivity index (χ3v) is 3.07. The van der Waals surface area contributed by atoms with Crippen LogP contribution in [0.1, 0.15) is 18.7 Å². The summed E-state index contributed by atoms with van der Waals surface area (Å²) in [6, 6.07) is 3.99. The molecule has 3 nitrogen and oxygen atoms in total. The first-order valence-electron chi connectivity index (χ1n) is 4.56. The molecular formula is C10H16N2OS. The highest BCUT2D eigenvalue weighted by molar-refractivity contribution is 7.09. The maximum atomic E-state index is 11.6. The molecule has 1 aromatic rings. The normalized spacial score (nSPS) is 11.4. The topological polar surface area (TPSA) is 41.1 Å². The molecule has 0 fully saturated rings. The van der Waals surface area contributed by atoms with Crippen LogP contribution in [0.25, 0.3) is 0 Å². The zero-order valence-corrected chi connectivity index (χ0v) is 9.57. The number of carbonyl (C=O) groups is 1. The second-order valence-electron chi connectivity index (χ2n) is 3.64. The van der Waals surface area contributed by atoms with E-state index in [1.54, 1.807) is 18.4 Å². The lowest BCUT2D eigenvalue weighted by Gasteiger charge is -2.22. The van der Waals surface area contributed by atoms with Crippen LogP contribution >= 0.6 is 11.3 Å². The van der Waals surface area contributed by atoms with E-state index in [-0.39, 0.29) is 5.91 Å². The summed E-state index contributed by atoms with van der Waals surface area (Å²) in [5.41, 5.74) is -0.503. The minimum absolute atomic E-state index is 0.0217. The molecule has 0 aliphatic heterocycles. The zero-order chi connectivity index (χ0) is 10.6. The van der Waals surface area contributed by atoms with Gasteiger partial charge in [-0.25, -0.2) is 0 Å². The predicted octanol–water partition coefficient (Wildman–Crippen LogP) is 1.36. The standard InChI is InChI=1S/C10H16N2OS/c1-10(2,11-3)9(13)12-7-8-5-4-6-14-8/h4-6,11H,7H2,1-3H3,(H,12,13). The Morgan fingerprint density at radius 2 is 2.29 bits per heavy atom. The van der Waals surface area contributed by atoms with Gasteiger partial charge in [0.2, 0.25) is 5.91 Å². The van der Waals surface area contributed by atoms with E-state index in [9.17, 15) is 4.79 Å². The van der Waals surface area contributed by atoms with Crippen molar-refractivity contribution in [3.8, 4) is 0 Å². The number of hydrogen-bond donors (Lipinski definition) is 2. The average Bonchev–Trinajstić information content (AvgIpc) is 2.66. The minimum atomic E-state index is -0.503. The lowest BCUT2D eigenvalue weighted by Crippen LogP contribution is -2.50. The third-order valence-electron chi connectivity index (χ3n) is 2.20. The molecule has 0 saturated carbocycles. The van der Waals surface area contributed by atoms with Crippen LogP contribution in [0.2, 0.25) is 0 Å². The molecular weight excluding hydrogens is 196 g/mol. The van der Waals surface area contributed by atoms with Crippen molar-refractivity contribution < 1.29 is 4.79 Å². The monoisotopic (exact) mass is 212 g/mol. The summed E-state index contributed by atoms with van der Waals surface area (Å²) >= 11 is 1.65. The van der Waals surface area contributed by atoms with E-state index in [1.165, 1.54) is 4.88 Å². The lowest BCUT2D eigenvalue weighted by molar-refractivity contribution is -0.126. The largest absolute Gasteiger partial charge is 0.350 e. The highest BCUT2D eigenvalue weighted by Gasteiger charge is 2.24. The summed E-state index contributed by atoms with van der Waals surface area (Å²) in [6.45, 7) is 4.33. The molecule has 0 aliphatic rings. The first-order valence-corrected chi connectivity index (χ1v) is 5.44. The van der Waals surface area contributed by atoms with Gasteiger partial charge in [-0.2, -0.15) is 0 Å². The fraction of sp³-hybridized carbons (Fsp3) is 0.500. The van der Waals surface area contributed by atoms with Gasteiger partial charge in [-0.15, -0.1) is 11.3 Å². The van der Waals surface area contributed by atoms with Crippen molar-refractivity contribution in [2.75, 3.05) is 7.05 Å². The molecule has 1 aromatic heterocycles. The van der Waals surface area contributed by atoms with E-state index in [2.05, 4.69) is 10.6 Å². The van der Waals surface area contributed by atoms with Gasteiger partial charge in [-0.3, -0.25) is 4.79 Å². The van der Waals surface area contributed by atoms with Gasteiger partial charge in [0.25, 0.3) is 0 Å². The highest BCUT2D eigenvalue weighted by atomic mass is 32.1. The van der Waals surface area contributed by atoms with E-state index >= 15 is 0 Å². The van der Waals surface area contributed by atoms with Crippen molar-refractivity contribution in [2.45, 2.75) is 25.9 Å². The Morgan fingerprint density at radius 3 is 2.79 bits per heavy atom.